The Hall–Kier alpha value is -3.14. The maximum Gasteiger partial charge on any atom is 0.271 e. The standard InChI is InChI=1S/C22H29N3O6S/c1-6-19(16-11-12-21(31-4)15(3)13-16)23-22(26)20(7-2)24(32(5,29)30)17-9-8-10-18(14-17)25(27)28/h8-14,19-20H,6-7H2,1-5H3,(H,23,26)/t19-,20+/m1/s1. The van der Waals surface area contributed by atoms with E-state index in [0.717, 1.165) is 33.5 Å². The van der Waals surface area contributed by atoms with E-state index >= 15 is 0 Å². The van der Waals surface area contributed by atoms with Crippen LogP contribution in [-0.4, -0.2) is 38.7 Å². The molecule has 0 heterocycles. The number of methoxy groups -OCH3 is 1. The van der Waals surface area contributed by atoms with Gasteiger partial charge in [0.25, 0.3) is 5.69 Å². The first-order valence-electron chi connectivity index (χ1n) is 10.2. The molecule has 9 nitrogen and oxygen atoms in total. The molecule has 0 saturated heterocycles. The zero-order valence-electron chi connectivity index (χ0n) is 18.9. The molecule has 2 atom stereocenters. The number of benzene rings is 2. The number of anilines is 1. The average molecular weight is 464 g/mol. The van der Waals surface area contributed by atoms with Gasteiger partial charge in [-0.15, -0.1) is 0 Å². The molecule has 174 valence electrons. The van der Waals surface area contributed by atoms with E-state index in [9.17, 15) is 23.3 Å². The van der Waals surface area contributed by atoms with Crippen LogP contribution in [0.15, 0.2) is 42.5 Å². The Morgan fingerprint density at radius 1 is 1.19 bits per heavy atom. The molecular weight excluding hydrogens is 434 g/mol. The lowest BCUT2D eigenvalue weighted by molar-refractivity contribution is -0.384. The summed E-state index contributed by atoms with van der Waals surface area (Å²) in [5, 5.41) is 14.1. The number of nitro benzene ring substituents is 1. The summed E-state index contributed by atoms with van der Waals surface area (Å²) in [6.45, 7) is 5.51. The van der Waals surface area contributed by atoms with E-state index in [-0.39, 0.29) is 23.8 Å². The number of carbonyl (C=O) groups is 1. The SMILES string of the molecule is CC[C@@H](NC(=O)[C@H](CC)N(c1cccc([N+](=O)[O-])c1)S(C)(=O)=O)c1ccc(OC)c(C)c1. The molecule has 10 heteroatoms. The molecule has 0 spiro atoms. The van der Waals surface area contributed by atoms with Crippen LogP contribution < -0.4 is 14.4 Å². The quantitative estimate of drug-likeness (QED) is 0.424. The van der Waals surface area contributed by atoms with Crippen molar-refractivity contribution in [1.82, 2.24) is 5.32 Å². The molecule has 32 heavy (non-hydrogen) atoms. The summed E-state index contributed by atoms with van der Waals surface area (Å²) >= 11 is 0. The van der Waals surface area contributed by atoms with Gasteiger partial charge in [-0.1, -0.05) is 32.0 Å². The molecule has 0 bridgehead atoms. The topological polar surface area (TPSA) is 119 Å². The second-order valence-corrected chi connectivity index (χ2v) is 9.32. The van der Waals surface area contributed by atoms with Gasteiger partial charge in [0.1, 0.15) is 11.8 Å². The summed E-state index contributed by atoms with van der Waals surface area (Å²) in [6.07, 6.45) is 1.75. The van der Waals surface area contributed by atoms with Crippen molar-refractivity contribution in [3.8, 4) is 5.75 Å². The van der Waals surface area contributed by atoms with Crippen molar-refractivity contribution in [2.24, 2.45) is 0 Å². The number of amides is 1. The van der Waals surface area contributed by atoms with Gasteiger partial charge in [-0.05, 0) is 43.0 Å². The van der Waals surface area contributed by atoms with Crippen molar-refractivity contribution >= 4 is 27.3 Å². The van der Waals surface area contributed by atoms with Crippen molar-refractivity contribution in [1.29, 1.82) is 0 Å². The van der Waals surface area contributed by atoms with Crippen LogP contribution in [0, 0.1) is 17.0 Å². The number of aryl methyl sites for hydroxylation is 1. The summed E-state index contributed by atoms with van der Waals surface area (Å²) in [5.41, 5.74) is 1.60. The van der Waals surface area contributed by atoms with Gasteiger partial charge < -0.3 is 10.1 Å². The van der Waals surface area contributed by atoms with E-state index in [0.29, 0.717) is 6.42 Å². The van der Waals surface area contributed by atoms with Crippen LogP contribution in [0.3, 0.4) is 0 Å². The van der Waals surface area contributed by atoms with Gasteiger partial charge in [-0.3, -0.25) is 19.2 Å². The Balaban J connectivity index is 2.40. The molecule has 0 aliphatic heterocycles. The molecule has 0 aliphatic rings. The fourth-order valence-electron chi connectivity index (χ4n) is 3.61. The predicted molar refractivity (Wildman–Crippen MR) is 123 cm³/mol. The largest absolute Gasteiger partial charge is 0.496 e. The third kappa shape index (κ3) is 5.76. The maximum absolute atomic E-state index is 13.2. The Kier molecular flexibility index (Phi) is 8.20. The lowest BCUT2D eigenvalue weighted by atomic mass is 10.0. The molecule has 0 aromatic heterocycles. The number of nitro groups is 1. The van der Waals surface area contributed by atoms with E-state index < -0.39 is 26.9 Å². The van der Waals surface area contributed by atoms with Crippen LogP contribution >= 0.6 is 0 Å². The Labute approximate surface area is 188 Å². The maximum atomic E-state index is 13.2. The number of rotatable bonds is 10. The van der Waals surface area contributed by atoms with Crippen LogP contribution in [0.25, 0.3) is 0 Å². The highest BCUT2D eigenvalue weighted by Crippen LogP contribution is 2.28. The molecule has 2 aromatic carbocycles. The second kappa shape index (κ2) is 10.4. The number of ether oxygens (including phenoxy) is 1. The highest BCUT2D eigenvalue weighted by atomic mass is 32.2. The molecule has 1 amide bonds. The first kappa shape index (κ1) is 25.1. The van der Waals surface area contributed by atoms with Crippen molar-refractivity contribution in [3.05, 3.63) is 63.7 Å². The van der Waals surface area contributed by atoms with Crippen LogP contribution in [0.4, 0.5) is 11.4 Å². The summed E-state index contributed by atoms with van der Waals surface area (Å²) < 4.78 is 31.5. The molecule has 0 saturated carbocycles. The van der Waals surface area contributed by atoms with Crippen molar-refractivity contribution in [2.45, 2.75) is 45.7 Å². The predicted octanol–water partition coefficient (Wildman–Crippen LogP) is 3.72. The van der Waals surface area contributed by atoms with Gasteiger partial charge in [-0.2, -0.15) is 0 Å². The fraction of sp³-hybridized carbons (Fsp3) is 0.409. The molecular formula is C22H29N3O6S. The van der Waals surface area contributed by atoms with Crippen LogP contribution in [0.2, 0.25) is 0 Å². The van der Waals surface area contributed by atoms with Gasteiger partial charge in [-0.25, -0.2) is 8.42 Å². The first-order chi connectivity index (χ1) is 15.0. The Morgan fingerprint density at radius 2 is 1.88 bits per heavy atom. The highest BCUT2D eigenvalue weighted by Gasteiger charge is 2.33. The molecule has 0 radical (unpaired) electrons. The number of non-ortho nitro benzene ring substituents is 1. The molecule has 2 rings (SSSR count). The van der Waals surface area contributed by atoms with E-state index in [1.54, 1.807) is 14.0 Å². The van der Waals surface area contributed by atoms with Crippen LogP contribution in [0.1, 0.15) is 43.9 Å². The van der Waals surface area contributed by atoms with Gasteiger partial charge in [0.15, 0.2) is 0 Å². The van der Waals surface area contributed by atoms with E-state index in [4.69, 9.17) is 4.74 Å². The number of hydrogen-bond acceptors (Lipinski definition) is 6. The van der Waals surface area contributed by atoms with Crippen molar-refractivity contribution < 1.29 is 22.9 Å². The van der Waals surface area contributed by atoms with Gasteiger partial charge in [0.05, 0.1) is 30.0 Å². The summed E-state index contributed by atoms with van der Waals surface area (Å²) in [4.78, 5) is 23.8. The van der Waals surface area contributed by atoms with E-state index in [1.165, 1.54) is 18.2 Å². The minimum absolute atomic E-state index is 0.0667. The molecule has 0 aliphatic carbocycles. The van der Waals surface area contributed by atoms with E-state index in [1.807, 2.05) is 32.0 Å². The monoisotopic (exact) mass is 463 g/mol. The Morgan fingerprint density at radius 3 is 2.38 bits per heavy atom. The number of nitrogens with one attached hydrogen (secondary N) is 1. The van der Waals surface area contributed by atoms with Gasteiger partial charge in [0, 0.05) is 12.1 Å². The molecule has 2 aromatic rings. The second-order valence-electron chi connectivity index (χ2n) is 7.46. The average Bonchev–Trinajstić information content (AvgIpc) is 2.74. The summed E-state index contributed by atoms with van der Waals surface area (Å²) in [5.74, 6) is 0.250. The number of carbonyl (C=O) groups excluding carboxylic acids is 1. The van der Waals surface area contributed by atoms with E-state index in [2.05, 4.69) is 5.32 Å². The number of nitrogens with zero attached hydrogens (tertiary/aromatic N) is 2. The minimum atomic E-state index is -3.91. The summed E-state index contributed by atoms with van der Waals surface area (Å²) in [6, 6.07) is 9.44. The van der Waals surface area contributed by atoms with Crippen molar-refractivity contribution in [3.63, 3.8) is 0 Å². The molecule has 0 unspecified atom stereocenters. The van der Waals surface area contributed by atoms with Crippen molar-refractivity contribution in [2.75, 3.05) is 17.7 Å². The lowest BCUT2D eigenvalue weighted by Crippen LogP contribution is -2.50. The highest BCUT2D eigenvalue weighted by molar-refractivity contribution is 7.92. The number of hydrogen-bond donors (Lipinski definition) is 1. The van der Waals surface area contributed by atoms with Crippen LogP contribution in [-0.2, 0) is 14.8 Å². The van der Waals surface area contributed by atoms with Gasteiger partial charge in [0.2, 0.25) is 15.9 Å². The van der Waals surface area contributed by atoms with Crippen LogP contribution in [0.5, 0.6) is 5.75 Å². The summed E-state index contributed by atoms with van der Waals surface area (Å²) in [7, 11) is -2.32. The lowest BCUT2D eigenvalue weighted by Gasteiger charge is -2.31. The smallest absolute Gasteiger partial charge is 0.271 e. The normalized spacial score (nSPS) is 13.2. The minimum Gasteiger partial charge on any atom is -0.496 e. The number of sulfonamides is 1. The molecule has 1 N–H and O–H groups in total. The third-order valence-corrected chi connectivity index (χ3v) is 6.35. The fourth-order valence-corrected chi connectivity index (χ4v) is 4.81. The zero-order valence-corrected chi connectivity index (χ0v) is 19.7. The van der Waals surface area contributed by atoms with Gasteiger partial charge >= 0.3 is 0 Å². The molecule has 0 fully saturated rings. The third-order valence-electron chi connectivity index (χ3n) is 5.17. The zero-order chi connectivity index (χ0) is 24.1. The Bertz CT molecular complexity index is 1090. The first-order valence-corrected chi connectivity index (χ1v) is 12.1.